The van der Waals surface area contributed by atoms with Crippen molar-refractivity contribution >= 4 is 23.2 Å². The van der Waals surface area contributed by atoms with Crippen LogP contribution in [0.1, 0.15) is 106 Å². The van der Waals surface area contributed by atoms with Gasteiger partial charge in [0, 0.05) is 24.4 Å². The number of carbonyl (C=O) groups is 2. The molecule has 2 aromatic rings. The molecule has 0 spiro atoms. The largest absolute Gasteiger partial charge is 0.333 e. The maximum Gasteiger partial charge on any atom is 0.242 e. The Balaban J connectivity index is 1.71. The summed E-state index contributed by atoms with van der Waals surface area (Å²) in [5.74, 6) is 0.216. The first-order valence-corrected chi connectivity index (χ1v) is 14.6. The molecule has 1 aromatic carbocycles. The number of carbonyl (C=O) groups excluding carboxylic acids is 2. The Labute approximate surface area is 216 Å². The number of thiophene rings is 1. The van der Waals surface area contributed by atoms with Gasteiger partial charge in [0.2, 0.25) is 11.8 Å². The molecule has 1 unspecified atom stereocenters. The predicted molar refractivity (Wildman–Crippen MR) is 147 cm³/mol. The predicted octanol–water partition coefficient (Wildman–Crippen LogP) is 7.30. The third-order valence-electron chi connectivity index (χ3n) is 7.22. The summed E-state index contributed by atoms with van der Waals surface area (Å²) in [6.07, 6.45) is 11.6. The Bertz CT molecular complexity index is 938. The van der Waals surface area contributed by atoms with Crippen LogP contribution in [0.2, 0.25) is 0 Å². The van der Waals surface area contributed by atoms with Crippen molar-refractivity contribution in [2.45, 2.75) is 97.4 Å². The van der Waals surface area contributed by atoms with E-state index >= 15 is 0 Å². The van der Waals surface area contributed by atoms with Gasteiger partial charge in [-0.05, 0) is 54.3 Å². The third-order valence-corrected chi connectivity index (χ3v) is 8.22. The summed E-state index contributed by atoms with van der Waals surface area (Å²) < 4.78 is 0. The fourth-order valence-corrected chi connectivity index (χ4v) is 6.03. The van der Waals surface area contributed by atoms with Gasteiger partial charge in [0.15, 0.2) is 0 Å². The maximum absolute atomic E-state index is 13.8. The number of benzene rings is 1. The summed E-state index contributed by atoms with van der Waals surface area (Å²) in [4.78, 5) is 32.2. The van der Waals surface area contributed by atoms with Gasteiger partial charge in [-0.2, -0.15) is 0 Å². The van der Waals surface area contributed by atoms with Crippen LogP contribution in [0, 0.1) is 6.92 Å². The molecule has 2 heterocycles. The van der Waals surface area contributed by atoms with E-state index in [9.17, 15) is 9.59 Å². The van der Waals surface area contributed by atoms with Crippen LogP contribution in [0.5, 0.6) is 0 Å². The molecular formula is C30H44N2O2S. The minimum Gasteiger partial charge on any atom is -0.333 e. The van der Waals surface area contributed by atoms with Gasteiger partial charge in [0.1, 0.15) is 0 Å². The second-order valence-corrected chi connectivity index (χ2v) is 10.9. The van der Waals surface area contributed by atoms with Crippen molar-refractivity contribution in [2.24, 2.45) is 0 Å². The SMILES string of the molecule is CCCCCCCCC(=O)N(CCCCC)CC(=O)N1CCc2sccc2C1c1ccccc1C. The van der Waals surface area contributed by atoms with Crippen molar-refractivity contribution in [3.8, 4) is 0 Å². The van der Waals surface area contributed by atoms with Gasteiger partial charge < -0.3 is 9.80 Å². The summed E-state index contributed by atoms with van der Waals surface area (Å²) in [5, 5.41) is 2.14. The number of amides is 2. The summed E-state index contributed by atoms with van der Waals surface area (Å²) >= 11 is 1.79. The molecule has 1 aliphatic rings. The molecule has 0 saturated carbocycles. The van der Waals surface area contributed by atoms with Gasteiger partial charge in [-0.15, -0.1) is 11.3 Å². The van der Waals surface area contributed by atoms with E-state index in [-0.39, 0.29) is 24.4 Å². The van der Waals surface area contributed by atoms with Crippen LogP contribution in [0.15, 0.2) is 35.7 Å². The number of hydrogen-bond acceptors (Lipinski definition) is 3. The van der Waals surface area contributed by atoms with Gasteiger partial charge in [0.25, 0.3) is 0 Å². The highest BCUT2D eigenvalue weighted by Crippen LogP contribution is 2.39. The quantitative estimate of drug-likeness (QED) is 0.257. The highest BCUT2D eigenvalue weighted by Gasteiger charge is 2.34. The Kier molecular flexibility index (Phi) is 11.3. The van der Waals surface area contributed by atoms with E-state index in [1.54, 1.807) is 11.3 Å². The van der Waals surface area contributed by atoms with E-state index in [2.05, 4.69) is 56.5 Å². The Morgan fingerprint density at radius 1 is 0.943 bits per heavy atom. The average Bonchev–Trinajstić information content (AvgIpc) is 3.34. The van der Waals surface area contributed by atoms with Crippen LogP contribution in [-0.4, -0.2) is 41.2 Å². The molecule has 0 saturated heterocycles. The van der Waals surface area contributed by atoms with Crippen molar-refractivity contribution in [3.63, 3.8) is 0 Å². The van der Waals surface area contributed by atoms with E-state index in [0.29, 0.717) is 19.5 Å². The summed E-state index contributed by atoms with van der Waals surface area (Å²) in [7, 11) is 0. The molecule has 4 nitrogen and oxygen atoms in total. The number of aryl methyl sites for hydroxylation is 1. The topological polar surface area (TPSA) is 40.6 Å². The smallest absolute Gasteiger partial charge is 0.242 e. The molecule has 2 amide bonds. The van der Waals surface area contributed by atoms with E-state index in [4.69, 9.17) is 0 Å². The van der Waals surface area contributed by atoms with Crippen LogP contribution in [-0.2, 0) is 16.0 Å². The molecular weight excluding hydrogens is 452 g/mol. The Hall–Kier alpha value is -2.14. The highest BCUT2D eigenvalue weighted by molar-refractivity contribution is 7.10. The average molecular weight is 497 g/mol. The minimum atomic E-state index is -0.0649. The number of nitrogens with zero attached hydrogens (tertiary/aromatic N) is 2. The van der Waals surface area contributed by atoms with Crippen molar-refractivity contribution in [1.29, 1.82) is 0 Å². The zero-order valence-electron chi connectivity index (χ0n) is 22.1. The van der Waals surface area contributed by atoms with Gasteiger partial charge in [0.05, 0.1) is 12.6 Å². The molecule has 192 valence electrons. The fourth-order valence-electron chi connectivity index (χ4n) is 5.13. The van der Waals surface area contributed by atoms with Gasteiger partial charge >= 0.3 is 0 Å². The number of hydrogen-bond donors (Lipinski definition) is 0. The lowest BCUT2D eigenvalue weighted by atomic mass is 9.90. The van der Waals surface area contributed by atoms with E-state index < -0.39 is 0 Å². The first kappa shape index (κ1) is 27.4. The van der Waals surface area contributed by atoms with Gasteiger partial charge in [-0.3, -0.25) is 9.59 Å². The molecule has 3 rings (SSSR count). The van der Waals surface area contributed by atoms with Crippen molar-refractivity contribution in [2.75, 3.05) is 19.6 Å². The van der Waals surface area contributed by atoms with Crippen LogP contribution in [0.4, 0.5) is 0 Å². The molecule has 35 heavy (non-hydrogen) atoms. The highest BCUT2D eigenvalue weighted by atomic mass is 32.1. The number of fused-ring (bicyclic) bond motifs is 1. The van der Waals surface area contributed by atoms with Crippen LogP contribution >= 0.6 is 11.3 Å². The van der Waals surface area contributed by atoms with E-state index in [1.165, 1.54) is 47.3 Å². The third kappa shape index (κ3) is 7.67. The minimum absolute atomic E-state index is 0.0649. The van der Waals surface area contributed by atoms with Gasteiger partial charge in [-0.25, -0.2) is 0 Å². The van der Waals surface area contributed by atoms with Crippen molar-refractivity contribution in [1.82, 2.24) is 9.80 Å². The molecule has 5 heteroatoms. The first-order chi connectivity index (χ1) is 17.1. The second kappa shape index (κ2) is 14.4. The number of unbranched alkanes of at least 4 members (excludes halogenated alkanes) is 7. The summed E-state index contributed by atoms with van der Waals surface area (Å²) in [6.45, 7) is 8.10. The van der Waals surface area contributed by atoms with Crippen molar-refractivity contribution in [3.05, 3.63) is 57.3 Å². The first-order valence-electron chi connectivity index (χ1n) is 13.8. The summed E-state index contributed by atoms with van der Waals surface area (Å²) in [6, 6.07) is 10.5. The van der Waals surface area contributed by atoms with E-state index in [0.717, 1.165) is 38.5 Å². The van der Waals surface area contributed by atoms with Crippen LogP contribution in [0.3, 0.4) is 0 Å². The normalized spacial score (nSPS) is 15.2. The lowest BCUT2D eigenvalue weighted by Crippen LogP contribution is -2.47. The van der Waals surface area contributed by atoms with E-state index in [1.807, 2.05) is 9.80 Å². The molecule has 1 atom stereocenters. The molecule has 0 fully saturated rings. The summed E-state index contributed by atoms with van der Waals surface area (Å²) in [5.41, 5.74) is 3.64. The maximum atomic E-state index is 13.8. The van der Waals surface area contributed by atoms with Crippen LogP contribution in [0.25, 0.3) is 0 Å². The molecule has 0 radical (unpaired) electrons. The number of rotatable bonds is 14. The van der Waals surface area contributed by atoms with Crippen molar-refractivity contribution < 1.29 is 9.59 Å². The lowest BCUT2D eigenvalue weighted by Gasteiger charge is -2.38. The fraction of sp³-hybridized carbons (Fsp3) is 0.600. The Morgan fingerprint density at radius 2 is 1.66 bits per heavy atom. The molecule has 1 aromatic heterocycles. The van der Waals surface area contributed by atoms with Crippen LogP contribution < -0.4 is 0 Å². The second-order valence-electron chi connectivity index (χ2n) is 9.94. The molecule has 0 N–H and O–H groups in total. The lowest BCUT2D eigenvalue weighted by molar-refractivity contribution is -0.142. The Morgan fingerprint density at radius 3 is 2.43 bits per heavy atom. The monoisotopic (exact) mass is 496 g/mol. The molecule has 0 bridgehead atoms. The zero-order chi connectivity index (χ0) is 25.0. The van der Waals surface area contributed by atoms with Gasteiger partial charge in [-0.1, -0.05) is 83.1 Å². The standard InChI is InChI=1S/C30H44N2O2S/c1-4-6-8-9-10-11-17-28(33)31(20-14-7-5-2)23-29(34)32-21-18-27-26(19-22-35-27)30(32)25-16-13-12-15-24(25)3/h12-13,15-16,19,22,30H,4-11,14,17-18,20-21,23H2,1-3H3. The molecule has 0 aliphatic carbocycles. The molecule has 1 aliphatic heterocycles. The zero-order valence-corrected chi connectivity index (χ0v) is 22.9.